The van der Waals surface area contributed by atoms with Gasteiger partial charge in [-0.3, -0.25) is 14.6 Å². The molecule has 3 fully saturated rings. The maximum Gasteiger partial charge on any atom is 0.308 e. The molecule has 1 aromatic heterocycles. The molecule has 7 rings (SSSR count). The molecule has 414 valence electrons. The van der Waals surface area contributed by atoms with Gasteiger partial charge in [-0.15, -0.1) is 0 Å². The number of benzene rings is 2. The number of para-hydroxylation sites is 1. The number of hydrogen-bond acceptors (Lipinski definition) is 16. The minimum atomic E-state index is -1.68. The molecule has 0 radical (unpaired) electrons. The van der Waals surface area contributed by atoms with E-state index in [0.29, 0.717) is 38.3 Å². The van der Waals surface area contributed by atoms with Gasteiger partial charge in [0.2, 0.25) is 0 Å². The molecule has 0 aliphatic carbocycles. The van der Waals surface area contributed by atoms with E-state index >= 15 is 0 Å². The summed E-state index contributed by atoms with van der Waals surface area (Å²) in [6.45, 7) is 21.6. The van der Waals surface area contributed by atoms with E-state index in [1.165, 1.54) is 23.7 Å². The number of carbonyl (C=O) groups excluding carboxylic acids is 2. The number of aliphatic hydroxyl groups is 6. The number of methoxy groups -OCH3 is 1. The second-order valence-electron chi connectivity index (χ2n) is 20.8. The van der Waals surface area contributed by atoms with Gasteiger partial charge in [-0.2, -0.15) is 0 Å². The van der Waals surface area contributed by atoms with Crippen molar-refractivity contribution in [3.05, 3.63) is 65.9 Å². The number of ether oxygens (including phenoxy) is 5. The highest BCUT2D eigenvalue weighted by atomic mass is 16.6. The third-order valence-corrected chi connectivity index (χ3v) is 14.4. The number of anilines is 1. The molecule has 2 aromatic carbocycles. The molecule has 9 unspecified atom stereocenters. The number of rotatable bonds is 9. The van der Waals surface area contributed by atoms with Crippen LogP contribution >= 0.6 is 0 Å². The lowest BCUT2D eigenvalue weighted by molar-refractivity contribution is -0.209. The van der Waals surface area contributed by atoms with Crippen molar-refractivity contribution in [2.75, 3.05) is 52.5 Å². The van der Waals surface area contributed by atoms with Crippen molar-refractivity contribution in [3.63, 3.8) is 0 Å². The van der Waals surface area contributed by atoms with Gasteiger partial charge in [0.15, 0.2) is 12.6 Å². The lowest BCUT2D eigenvalue weighted by Gasteiger charge is -2.36. The van der Waals surface area contributed by atoms with Crippen molar-refractivity contribution >= 4 is 28.3 Å². The molecule has 0 amide bonds. The molecule has 0 saturated carbocycles. The number of aromatic nitrogens is 1. The smallest absolute Gasteiger partial charge is 0.308 e. The summed E-state index contributed by atoms with van der Waals surface area (Å²) < 4.78 is 27.2. The van der Waals surface area contributed by atoms with Crippen LogP contribution < -0.4 is 9.64 Å². The molecule has 0 bridgehead atoms. The van der Waals surface area contributed by atoms with Crippen LogP contribution in [0.15, 0.2) is 54.7 Å². The van der Waals surface area contributed by atoms with E-state index in [1.807, 2.05) is 40.8 Å². The number of cyclic esters (lactones) is 1. The van der Waals surface area contributed by atoms with Gasteiger partial charge in [0.05, 0.1) is 54.8 Å². The fraction of sp³-hybridized carbons (Fsp3) is 0.702. The van der Waals surface area contributed by atoms with Gasteiger partial charge in [0, 0.05) is 75.6 Å². The molecule has 3 saturated heterocycles. The zero-order valence-electron chi connectivity index (χ0n) is 46.3. The second-order valence-corrected chi connectivity index (χ2v) is 20.8. The average Bonchev–Trinajstić information content (AvgIpc) is 3.78. The molecular formula is C57H93N3O13. The lowest BCUT2D eigenvalue weighted by Crippen LogP contribution is -2.50. The van der Waals surface area contributed by atoms with Crippen LogP contribution in [0.3, 0.4) is 0 Å². The van der Waals surface area contributed by atoms with E-state index in [1.54, 1.807) is 27.9 Å². The predicted molar refractivity (Wildman–Crippen MR) is 285 cm³/mol. The number of ketones is 1. The van der Waals surface area contributed by atoms with Crippen LogP contribution in [-0.4, -0.2) is 155 Å². The summed E-state index contributed by atoms with van der Waals surface area (Å²) in [5, 5.41) is 57.2. The molecule has 73 heavy (non-hydrogen) atoms. The van der Waals surface area contributed by atoms with Crippen LogP contribution in [-0.2, 0) is 41.5 Å². The maximum atomic E-state index is 12.6. The number of pyridine rings is 1. The summed E-state index contributed by atoms with van der Waals surface area (Å²) in [6.07, 6.45) is 4.65. The van der Waals surface area contributed by atoms with Gasteiger partial charge < -0.3 is 64.1 Å². The fourth-order valence-electron chi connectivity index (χ4n) is 10.2. The van der Waals surface area contributed by atoms with E-state index in [4.69, 9.17) is 33.9 Å². The Morgan fingerprint density at radius 2 is 1.53 bits per heavy atom. The van der Waals surface area contributed by atoms with Crippen molar-refractivity contribution in [3.8, 4) is 5.75 Å². The van der Waals surface area contributed by atoms with Crippen molar-refractivity contribution in [1.29, 1.82) is 0 Å². The third kappa shape index (κ3) is 19.7. The Hall–Kier alpha value is -3.81. The second kappa shape index (κ2) is 31.3. The SMILES string of the molecule is CC.CC1CC(N(C)CCCOc2cnc3ccc(CN4CCc5ccccc54)cc3c2)CC(O)O1.CC1C[C@H](O)OC(C)[C@@H]1O.CO.COC1C[C@@H](C)CC(C)C(=O)OC[C@@](C)(O)C(O)C(C)C(=O)[C@H](C)C1. The topological polar surface area (TPSA) is 221 Å². The number of Topliss-reactive ketones (excluding diaryl/α,β-unsaturated/α-hetero) is 1. The number of esters is 1. The van der Waals surface area contributed by atoms with Gasteiger partial charge in [-0.25, -0.2) is 0 Å². The van der Waals surface area contributed by atoms with Gasteiger partial charge in [-0.1, -0.05) is 72.7 Å². The predicted octanol–water partition coefficient (Wildman–Crippen LogP) is 7.08. The molecule has 4 aliphatic heterocycles. The first-order valence-corrected chi connectivity index (χ1v) is 26.6. The Bertz CT molecular complexity index is 2050. The van der Waals surface area contributed by atoms with Crippen molar-refractivity contribution in [2.45, 2.75) is 182 Å². The number of carbonyl (C=O) groups is 2. The number of hydrogen-bond donors (Lipinski definition) is 6. The van der Waals surface area contributed by atoms with Crippen molar-refractivity contribution < 1.29 is 63.9 Å². The molecule has 5 heterocycles. The van der Waals surface area contributed by atoms with Gasteiger partial charge >= 0.3 is 5.97 Å². The van der Waals surface area contributed by atoms with Crippen LogP contribution in [0.1, 0.15) is 125 Å². The highest BCUT2D eigenvalue weighted by molar-refractivity contribution is 5.83. The molecule has 0 spiro atoms. The molecule has 16 nitrogen and oxygen atoms in total. The first-order valence-electron chi connectivity index (χ1n) is 26.6. The van der Waals surface area contributed by atoms with E-state index < -0.39 is 42.3 Å². The largest absolute Gasteiger partial charge is 0.492 e. The summed E-state index contributed by atoms with van der Waals surface area (Å²) in [5.41, 5.74) is 3.39. The fourth-order valence-corrected chi connectivity index (χ4v) is 10.2. The molecule has 16 heteroatoms. The molecule has 4 aliphatic rings. The van der Waals surface area contributed by atoms with E-state index in [9.17, 15) is 30.0 Å². The van der Waals surface area contributed by atoms with E-state index in [-0.39, 0.29) is 54.4 Å². The van der Waals surface area contributed by atoms with E-state index in [0.717, 1.165) is 69.1 Å². The number of fused-ring (bicyclic) bond motifs is 2. The van der Waals surface area contributed by atoms with Crippen LogP contribution in [0.4, 0.5) is 5.69 Å². The monoisotopic (exact) mass is 1030 g/mol. The molecule has 6 N–H and O–H groups in total. The Morgan fingerprint density at radius 3 is 2.21 bits per heavy atom. The number of nitrogens with zero attached hydrogens (tertiary/aromatic N) is 3. The zero-order chi connectivity index (χ0) is 54.6. The minimum absolute atomic E-state index is 0.0926. The van der Waals surface area contributed by atoms with Crippen LogP contribution in [0.2, 0.25) is 0 Å². The summed E-state index contributed by atoms with van der Waals surface area (Å²) >= 11 is 0. The maximum absolute atomic E-state index is 12.6. The Morgan fingerprint density at radius 1 is 0.849 bits per heavy atom. The highest BCUT2D eigenvalue weighted by Crippen LogP contribution is 2.31. The third-order valence-electron chi connectivity index (χ3n) is 14.4. The Kier molecular flexibility index (Phi) is 27.2. The Labute approximate surface area is 436 Å². The molecular weight excluding hydrogens is 935 g/mol. The van der Waals surface area contributed by atoms with Gasteiger partial charge in [0.1, 0.15) is 23.7 Å². The Balaban J connectivity index is 0.000000315. The first kappa shape index (κ1) is 63.5. The summed E-state index contributed by atoms with van der Waals surface area (Å²) in [7, 11) is 4.74. The highest BCUT2D eigenvalue weighted by Gasteiger charge is 2.41. The average molecular weight is 1030 g/mol. The standard InChI is InChI=1S/C28H35N3O3.C19H34O6.C7H14O3.C2H6.CH4O/c1-20-14-24(17-28(32)34-20)30(2)11-5-13-33-25-16-23-15-21(8-9-26(23)29-18-25)19-31-12-10-22-6-3-4-7-27(22)31;1-11-7-13(3)18(22)25-10-19(5,23)17(21)14(4)16(20)12(2)9-15(8-11)24-6;1-4-3-6(8)10-5(2)7(4)9;2*1-2/h3-4,6-9,15-16,18,20,24,28,32H,5,10-14,17,19H2,1-2H3;11-15,17,21,23H,7-10H2,1-6H3;4-9H,3H2,1-2H3;1-2H3;2H,1H3/t;11-,12+,13?,14?,15?,17?,19+;4?,5?,6-,7-;;/m.01../s1. The van der Waals surface area contributed by atoms with Crippen LogP contribution in [0.25, 0.3) is 10.9 Å². The molecule has 3 aromatic rings. The lowest BCUT2D eigenvalue weighted by atomic mass is 9.80. The van der Waals surface area contributed by atoms with Crippen LogP contribution in [0.5, 0.6) is 5.75 Å². The zero-order valence-corrected chi connectivity index (χ0v) is 46.3. The minimum Gasteiger partial charge on any atom is -0.492 e. The van der Waals surface area contributed by atoms with Crippen molar-refractivity contribution in [2.24, 2.45) is 29.6 Å². The van der Waals surface area contributed by atoms with Crippen molar-refractivity contribution in [1.82, 2.24) is 9.88 Å². The van der Waals surface area contributed by atoms with Crippen LogP contribution in [0, 0.1) is 29.6 Å². The van der Waals surface area contributed by atoms with E-state index in [2.05, 4.69) is 77.3 Å². The molecule has 14 atom stereocenters. The van der Waals surface area contributed by atoms with Gasteiger partial charge in [-0.05, 0) is 114 Å². The summed E-state index contributed by atoms with van der Waals surface area (Å²) in [5.74, 6) is -0.703. The number of aliphatic hydroxyl groups excluding tert-OH is 5. The van der Waals surface area contributed by atoms with Gasteiger partial charge in [0.25, 0.3) is 0 Å². The summed E-state index contributed by atoms with van der Waals surface area (Å²) in [6, 6.07) is 17.7. The first-order chi connectivity index (χ1) is 34.6. The summed E-state index contributed by atoms with van der Waals surface area (Å²) in [4.78, 5) is 34.2. The normalized spacial score (nSPS) is 31.9. The quantitative estimate of drug-likeness (QED) is 0.0931.